The maximum Gasteiger partial charge on any atom is 0.326 e. The molecule has 3 aromatic rings. The van der Waals surface area contributed by atoms with Gasteiger partial charge in [-0.25, -0.2) is 4.98 Å². The van der Waals surface area contributed by atoms with Crippen LogP contribution in [0.3, 0.4) is 0 Å². The van der Waals surface area contributed by atoms with E-state index in [0.29, 0.717) is 35.9 Å². The maximum absolute atomic E-state index is 13.4. The molecule has 0 atom stereocenters. The fourth-order valence-electron chi connectivity index (χ4n) is 3.45. The Morgan fingerprint density at radius 2 is 1.84 bits per heavy atom. The zero-order chi connectivity index (χ0) is 23.1. The molecule has 0 bridgehead atoms. The molecule has 0 N–H and O–H groups in total. The summed E-state index contributed by atoms with van der Waals surface area (Å²) < 4.78 is 17.6. The molecule has 0 spiro atoms. The number of thiophene rings is 1. The highest BCUT2D eigenvalue weighted by Gasteiger charge is 2.20. The summed E-state index contributed by atoms with van der Waals surface area (Å²) in [6.07, 6.45) is 2.03. The van der Waals surface area contributed by atoms with Crippen molar-refractivity contribution in [2.24, 2.45) is 0 Å². The van der Waals surface area contributed by atoms with Crippen LogP contribution in [0.1, 0.15) is 37.4 Å². The quantitative estimate of drug-likeness (QED) is 0.311. The van der Waals surface area contributed by atoms with Crippen LogP contribution in [-0.2, 0) is 20.8 Å². The summed E-state index contributed by atoms with van der Waals surface area (Å²) in [5, 5.41) is 0.526. The Kier molecular flexibility index (Phi) is 8.41. The number of carbonyl (C=O) groups excluding carboxylic acids is 1. The van der Waals surface area contributed by atoms with Crippen molar-refractivity contribution in [2.45, 2.75) is 47.1 Å². The second-order valence-electron chi connectivity index (χ2n) is 7.41. The van der Waals surface area contributed by atoms with Crippen molar-refractivity contribution in [2.75, 3.05) is 26.4 Å². The average molecular weight is 459 g/mol. The molecule has 1 aromatic carbocycles. The van der Waals surface area contributed by atoms with E-state index in [1.54, 1.807) is 6.92 Å². The highest BCUT2D eigenvalue weighted by molar-refractivity contribution is 7.19. The van der Waals surface area contributed by atoms with E-state index >= 15 is 0 Å². The minimum absolute atomic E-state index is 0.168. The Hall–Kier alpha value is -2.71. The monoisotopic (exact) mass is 458 g/mol. The number of carbonyl (C=O) groups is 1. The number of hydrogen-bond donors (Lipinski definition) is 0. The summed E-state index contributed by atoms with van der Waals surface area (Å²) >= 11 is 1.48. The van der Waals surface area contributed by atoms with Crippen LogP contribution < -0.4 is 10.3 Å². The highest BCUT2D eigenvalue weighted by Crippen LogP contribution is 2.36. The van der Waals surface area contributed by atoms with Gasteiger partial charge in [0.15, 0.2) is 0 Å². The van der Waals surface area contributed by atoms with Crippen LogP contribution in [0, 0.1) is 13.8 Å². The molecule has 0 unspecified atom stereocenters. The number of esters is 1. The molecular weight excluding hydrogens is 428 g/mol. The first-order valence-electron chi connectivity index (χ1n) is 10.9. The second kappa shape index (κ2) is 11.2. The third kappa shape index (κ3) is 5.55. The lowest BCUT2D eigenvalue weighted by molar-refractivity contribution is -0.146. The predicted molar refractivity (Wildman–Crippen MR) is 127 cm³/mol. The van der Waals surface area contributed by atoms with E-state index in [0.717, 1.165) is 34.6 Å². The summed E-state index contributed by atoms with van der Waals surface area (Å²) in [7, 11) is 0. The lowest BCUT2D eigenvalue weighted by atomic mass is 10.0. The first kappa shape index (κ1) is 23.9. The highest BCUT2D eigenvalue weighted by atomic mass is 32.1. The van der Waals surface area contributed by atoms with Gasteiger partial charge in [-0.2, -0.15) is 0 Å². The van der Waals surface area contributed by atoms with Crippen LogP contribution in [0.2, 0.25) is 0 Å². The first-order valence-corrected chi connectivity index (χ1v) is 11.7. The van der Waals surface area contributed by atoms with Crippen molar-refractivity contribution in [1.29, 1.82) is 0 Å². The minimum atomic E-state index is -0.481. The number of hydrogen-bond acceptors (Lipinski definition) is 7. The van der Waals surface area contributed by atoms with Gasteiger partial charge in [-0.05, 0) is 44.9 Å². The molecule has 0 amide bonds. The molecule has 3 rings (SSSR count). The predicted octanol–water partition coefficient (Wildman–Crippen LogP) is 4.50. The Labute approximate surface area is 192 Å². The lowest BCUT2D eigenvalue weighted by Gasteiger charge is -2.11. The van der Waals surface area contributed by atoms with Gasteiger partial charge in [-0.15, -0.1) is 11.3 Å². The number of nitrogens with zero attached hydrogens (tertiary/aromatic N) is 2. The maximum atomic E-state index is 13.4. The van der Waals surface area contributed by atoms with Gasteiger partial charge >= 0.3 is 5.97 Å². The number of rotatable bonds is 11. The van der Waals surface area contributed by atoms with E-state index in [9.17, 15) is 9.59 Å². The second-order valence-corrected chi connectivity index (χ2v) is 8.61. The molecular formula is C24H30N2O5S. The molecule has 32 heavy (non-hydrogen) atoms. The summed E-state index contributed by atoms with van der Waals surface area (Å²) in [5.41, 5.74) is 1.52. The molecule has 0 saturated heterocycles. The number of fused-ring (bicyclic) bond motifs is 1. The van der Waals surface area contributed by atoms with E-state index in [1.807, 2.05) is 38.1 Å². The zero-order valence-electron chi connectivity index (χ0n) is 19.1. The fraction of sp³-hybridized carbons (Fsp3) is 0.458. The SMILES string of the molecule is CCCCOCCOC(=O)Cn1c(C)nc2sc(C)c(-c3ccc(OCC)cc3)c2c1=O. The van der Waals surface area contributed by atoms with Crippen molar-refractivity contribution in [3.05, 3.63) is 45.3 Å². The Balaban J connectivity index is 1.84. The van der Waals surface area contributed by atoms with Crippen LogP contribution in [0.25, 0.3) is 21.3 Å². The van der Waals surface area contributed by atoms with E-state index in [2.05, 4.69) is 11.9 Å². The van der Waals surface area contributed by atoms with Crippen LogP contribution in [-0.4, -0.2) is 41.9 Å². The molecule has 2 heterocycles. The lowest BCUT2D eigenvalue weighted by Crippen LogP contribution is -2.28. The van der Waals surface area contributed by atoms with Crippen molar-refractivity contribution < 1.29 is 19.0 Å². The third-order valence-corrected chi connectivity index (χ3v) is 6.05. The van der Waals surface area contributed by atoms with Crippen molar-refractivity contribution in [3.8, 4) is 16.9 Å². The summed E-state index contributed by atoms with van der Waals surface area (Å²) in [5.74, 6) is 0.782. The third-order valence-electron chi connectivity index (χ3n) is 5.05. The summed E-state index contributed by atoms with van der Waals surface area (Å²) in [6.45, 7) is 9.31. The molecule has 0 aliphatic rings. The van der Waals surface area contributed by atoms with Gasteiger partial charge in [-0.3, -0.25) is 14.2 Å². The Bertz CT molecular complexity index is 1120. The molecule has 0 saturated carbocycles. The van der Waals surface area contributed by atoms with E-state index in [-0.39, 0.29) is 18.7 Å². The van der Waals surface area contributed by atoms with Gasteiger partial charge in [0.2, 0.25) is 0 Å². The van der Waals surface area contributed by atoms with E-state index < -0.39 is 5.97 Å². The van der Waals surface area contributed by atoms with Crippen LogP contribution >= 0.6 is 11.3 Å². The summed E-state index contributed by atoms with van der Waals surface area (Å²) in [6, 6.07) is 7.66. The average Bonchev–Trinajstić information content (AvgIpc) is 3.10. The van der Waals surface area contributed by atoms with Gasteiger partial charge < -0.3 is 14.2 Å². The van der Waals surface area contributed by atoms with Gasteiger partial charge in [0, 0.05) is 17.0 Å². The number of aryl methyl sites for hydroxylation is 2. The number of benzene rings is 1. The van der Waals surface area contributed by atoms with E-state index in [4.69, 9.17) is 14.2 Å². The topological polar surface area (TPSA) is 79.7 Å². The van der Waals surface area contributed by atoms with Crippen LogP contribution in [0.15, 0.2) is 29.1 Å². The Morgan fingerprint density at radius 3 is 2.53 bits per heavy atom. The molecule has 0 aliphatic heterocycles. The molecule has 0 aliphatic carbocycles. The van der Waals surface area contributed by atoms with Crippen molar-refractivity contribution >= 4 is 27.5 Å². The first-order chi connectivity index (χ1) is 15.5. The van der Waals surface area contributed by atoms with Crippen molar-refractivity contribution in [3.63, 3.8) is 0 Å². The number of aromatic nitrogens is 2. The summed E-state index contributed by atoms with van der Waals surface area (Å²) in [4.78, 5) is 32.0. The van der Waals surface area contributed by atoms with Gasteiger partial charge in [0.05, 0.1) is 18.6 Å². The largest absolute Gasteiger partial charge is 0.494 e. The van der Waals surface area contributed by atoms with Crippen LogP contribution in [0.5, 0.6) is 5.75 Å². The Morgan fingerprint density at radius 1 is 1.09 bits per heavy atom. The molecule has 2 aromatic heterocycles. The molecule has 7 nitrogen and oxygen atoms in total. The smallest absolute Gasteiger partial charge is 0.326 e. The van der Waals surface area contributed by atoms with E-state index in [1.165, 1.54) is 15.9 Å². The number of ether oxygens (including phenoxy) is 3. The molecule has 0 radical (unpaired) electrons. The standard InChI is InChI=1S/C24H30N2O5S/c1-5-7-12-29-13-14-31-20(27)15-26-17(4)25-23-22(24(26)28)21(16(3)32-23)18-8-10-19(11-9-18)30-6-2/h8-11H,5-7,12-15H2,1-4H3. The number of unbranched alkanes of at least 4 members (excludes halogenated alkanes) is 1. The van der Waals surface area contributed by atoms with Crippen molar-refractivity contribution in [1.82, 2.24) is 9.55 Å². The zero-order valence-corrected chi connectivity index (χ0v) is 19.9. The van der Waals surface area contributed by atoms with Gasteiger partial charge in [-0.1, -0.05) is 25.5 Å². The van der Waals surface area contributed by atoms with Crippen LogP contribution in [0.4, 0.5) is 0 Å². The van der Waals surface area contributed by atoms with Gasteiger partial charge in [0.25, 0.3) is 5.56 Å². The normalized spacial score (nSPS) is 11.1. The fourth-order valence-corrected chi connectivity index (χ4v) is 4.53. The molecule has 172 valence electrons. The molecule has 8 heteroatoms. The van der Waals surface area contributed by atoms with Gasteiger partial charge in [0.1, 0.15) is 29.6 Å². The molecule has 0 fully saturated rings. The minimum Gasteiger partial charge on any atom is -0.494 e.